The summed E-state index contributed by atoms with van der Waals surface area (Å²) >= 11 is 0. The fraction of sp³-hybridized carbons (Fsp3) is 0.955. The molecule has 0 bridgehead atoms. The molecule has 2 aliphatic heterocycles. The summed E-state index contributed by atoms with van der Waals surface area (Å²) in [4.78, 5) is 10.2. The second-order valence-electron chi connectivity index (χ2n) is 9.00. The van der Waals surface area contributed by atoms with Crippen molar-refractivity contribution in [2.24, 2.45) is 16.8 Å². The molecule has 2 N–H and O–H groups in total. The van der Waals surface area contributed by atoms with Crippen LogP contribution in [0.4, 0.5) is 0 Å². The van der Waals surface area contributed by atoms with E-state index >= 15 is 0 Å². The first-order valence-corrected chi connectivity index (χ1v) is 11.6. The van der Waals surface area contributed by atoms with E-state index < -0.39 is 0 Å². The van der Waals surface area contributed by atoms with E-state index in [9.17, 15) is 0 Å². The van der Waals surface area contributed by atoms with E-state index in [0.29, 0.717) is 12.0 Å². The van der Waals surface area contributed by atoms with Gasteiger partial charge in [0.1, 0.15) is 0 Å². The van der Waals surface area contributed by atoms with Crippen molar-refractivity contribution in [3.05, 3.63) is 0 Å². The zero-order valence-corrected chi connectivity index (χ0v) is 18.5. The predicted molar refractivity (Wildman–Crippen MR) is 117 cm³/mol. The maximum atomic E-state index is 4.97. The van der Waals surface area contributed by atoms with Crippen LogP contribution >= 0.6 is 0 Å². The van der Waals surface area contributed by atoms with Crippen LogP contribution in [0.5, 0.6) is 0 Å². The molecule has 2 saturated heterocycles. The lowest BCUT2D eigenvalue weighted by Crippen LogP contribution is -2.49. The van der Waals surface area contributed by atoms with Crippen LogP contribution in [-0.2, 0) is 0 Å². The number of likely N-dealkylation sites (tertiary alicyclic amines) is 2. The van der Waals surface area contributed by atoms with Gasteiger partial charge in [-0.05, 0) is 64.0 Å². The maximum absolute atomic E-state index is 4.97. The Kier molecular flexibility index (Phi) is 10.5. The number of rotatable bonds is 9. The second kappa shape index (κ2) is 12.6. The van der Waals surface area contributed by atoms with Gasteiger partial charge in [0.15, 0.2) is 5.96 Å². The SMILES string of the molecule is CCCCN1CCC(NC(=NCC2CCCN(CC(C)C)C2)NCC)CC1. The number of hydrogen-bond donors (Lipinski definition) is 2. The number of nitrogens with zero attached hydrogens (tertiary/aromatic N) is 3. The molecule has 0 saturated carbocycles. The zero-order chi connectivity index (χ0) is 19.5. The topological polar surface area (TPSA) is 42.9 Å². The Balaban J connectivity index is 1.77. The maximum Gasteiger partial charge on any atom is 0.191 e. The molecule has 0 aromatic carbocycles. The van der Waals surface area contributed by atoms with Crippen LogP contribution in [0, 0.1) is 11.8 Å². The predicted octanol–water partition coefficient (Wildman–Crippen LogP) is 3.17. The molecule has 158 valence electrons. The fourth-order valence-electron chi connectivity index (χ4n) is 4.40. The molecule has 2 aliphatic rings. The van der Waals surface area contributed by atoms with Gasteiger partial charge >= 0.3 is 0 Å². The van der Waals surface area contributed by atoms with Crippen molar-refractivity contribution in [3.63, 3.8) is 0 Å². The van der Waals surface area contributed by atoms with E-state index in [4.69, 9.17) is 4.99 Å². The first-order valence-electron chi connectivity index (χ1n) is 11.6. The van der Waals surface area contributed by atoms with E-state index in [2.05, 4.69) is 48.1 Å². The van der Waals surface area contributed by atoms with Gasteiger partial charge in [-0.15, -0.1) is 0 Å². The smallest absolute Gasteiger partial charge is 0.191 e. The van der Waals surface area contributed by atoms with E-state index in [1.165, 1.54) is 77.8 Å². The number of hydrogen-bond acceptors (Lipinski definition) is 3. The minimum Gasteiger partial charge on any atom is -0.357 e. The number of unbranched alkanes of at least 4 members (excludes halogenated alkanes) is 1. The van der Waals surface area contributed by atoms with Crippen molar-refractivity contribution < 1.29 is 0 Å². The molecular weight excluding hydrogens is 334 g/mol. The van der Waals surface area contributed by atoms with Crippen molar-refractivity contribution >= 4 is 5.96 Å². The van der Waals surface area contributed by atoms with Crippen LogP contribution in [0.2, 0.25) is 0 Å². The molecule has 5 nitrogen and oxygen atoms in total. The average molecular weight is 380 g/mol. The quantitative estimate of drug-likeness (QED) is 0.477. The lowest BCUT2D eigenvalue weighted by molar-refractivity contribution is 0.162. The Morgan fingerprint density at radius 2 is 1.85 bits per heavy atom. The summed E-state index contributed by atoms with van der Waals surface area (Å²) in [6, 6.07) is 0.574. The van der Waals surface area contributed by atoms with Gasteiger partial charge in [0.25, 0.3) is 0 Å². The van der Waals surface area contributed by atoms with Gasteiger partial charge in [-0.1, -0.05) is 27.2 Å². The molecule has 0 amide bonds. The second-order valence-corrected chi connectivity index (χ2v) is 9.00. The molecule has 27 heavy (non-hydrogen) atoms. The van der Waals surface area contributed by atoms with Crippen LogP contribution in [0.1, 0.15) is 66.2 Å². The molecule has 5 heteroatoms. The van der Waals surface area contributed by atoms with E-state index in [0.717, 1.165) is 25.0 Å². The molecule has 1 atom stereocenters. The van der Waals surface area contributed by atoms with Gasteiger partial charge < -0.3 is 20.4 Å². The Morgan fingerprint density at radius 1 is 1.07 bits per heavy atom. The van der Waals surface area contributed by atoms with Crippen LogP contribution in [0.25, 0.3) is 0 Å². The Hall–Kier alpha value is -0.810. The molecule has 1 unspecified atom stereocenters. The standard InChI is InChI=1S/C22H45N5/c1-5-7-12-26-14-10-21(11-15-26)25-22(23-6-2)24-16-20-9-8-13-27(18-20)17-19(3)4/h19-21H,5-18H2,1-4H3,(H2,23,24,25). The summed E-state index contributed by atoms with van der Waals surface area (Å²) in [7, 11) is 0. The monoisotopic (exact) mass is 379 g/mol. The lowest BCUT2D eigenvalue weighted by Gasteiger charge is -2.34. The minimum absolute atomic E-state index is 0.574. The van der Waals surface area contributed by atoms with Gasteiger partial charge in [0.2, 0.25) is 0 Å². The van der Waals surface area contributed by atoms with Gasteiger partial charge in [0, 0.05) is 45.3 Å². The van der Waals surface area contributed by atoms with Gasteiger partial charge in [-0.3, -0.25) is 4.99 Å². The summed E-state index contributed by atoms with van der Waals surface area (Å²) in [6.45, 7) is 18.4. The molecular formula is C22H45N5. The summed E-state index contributed by atoms with van der Waals surface area (Å²) < 4.78 is 0. The molecule has 0 radical (unpaired) electrons. The lowest BCUT2D eigenvalue weighted by atomic mass is 9.97. The molecule has 0 aromatic heterocycles. The number of piperidine rings is 2. The van der Waals surface area contributed by atoms with Crippen LogP contribution in [0.3, 0.4) is 0 Å². The first-order chi connectivity index (χ1) is 13.1. The van der Waals surface area contributed by atoms with E-state index in [1.54, 1.807) is 0 Å². The summed E-state index contributed by atoms with van der Waals surface area (Å²) in [5.41, 5.74) is 0. The Labute approximate surface area is 168 Å². The highest BCUT2D eigenvalue weighted by Crippen LogP contribution is 2.18. The van der Waals surface area contributed by atoms with E-state index in [1.807, 2.05) is 0 Å². The van der Waals surface area contributed by atoms with Crippen molar-refractivity contribution in [2.45, 2.75) is 72.3 Å². The largest absolute Gasteiger partial charge is 0.357 e. The highest BCUT2D eigenvalue weighted by Gasteiger charge is 2.22. The number of nitrogens with one attached hydrogen (secondary N) is 2. The van der Waals surface area contributed by atoms with Crippen LogP contribution in [0.15, 0.2) is 4.99 Å². The summed E-state index contributed by atoms with van der Waals surface area (Å²) in [5, 5.41) is 7.19. The van der Waals surface area contributed by atoms with Crippen LogP contribution < -0.4 is 10.6 Å². The first kappa shape index (κ1) is 22.5. The number of guanidine groups is 1. The molecule has 0 spiro atoms. The molecule has 0 aromatic rings. The third-order valence-electron chi connectivity index (χ3n) is 5.83. The van der Waals surface area contributed by atoms with Gasteiger partial charge in [-0.2, -0.15) is 0 Å². The van der Waals surface area contributed by atoms with Crippen LogP contribution in [-0.4, -0.2) is 74.2 Å². The van der Waals surface area contributed by atoms with Gasteiger partial charge in [-0.25, -0.2) is 0 Å². The molecule has 0 aliphatic carbocycles. The molecule has 2 rings (SSSR count). The van der Waals surface area contributed by atoms with Crippen molar-refractivity contribution in [1.82, 2.24) is 20.4 Å². The van der Waals surface area contributed by atoms with Crippen molar-refractivity contribution in [1.29, 1.82) is 0 Å². The zero-order valence-electron chi connectivity index (χ0n) is 18.5. The highest BCUT2D eigenvalue weighted by molar-refractivity contribution is 5.80. The fourth-order valence-corrected chi connectivity index (χ4v) is 4.40. The van der Waals surface area contributed by atoms with Gasteiger partial charge in [0.05, 0.1) is 0 Å². The normalized spacial score (nSPS) is 23.7. The third kappa shape index (κ3) is 8.82. The molecule has 2 heterocycles. The summed E-state index contributed by atoms with van der Waals surface area (Å²) in [6.07, 6.45) is 7.75. The summed E-state index contributed by atoms with van der Waals surface area (Å²) in [5.74, 6) is 2.50. The van der Waals surface area contributed by atoms with Crippen molar-refractivity contribution in [3.8, 4) is 0 Å². The minimum atomic E-state index is 0.574. The Bertz CT molecular complexity index is 415. The van der Waals surface area contributed by atoms with Crippen molar-refractivity contribution in [2.75, 3.05) is 52.4 Å². The van der Waals surface area contributed by atoms with E-state index in [-0.39, 0.29) is 0 Å². The number of aliphatic imine (C=N–C) groups is 1. The third-order valence-corrected chi connectivity index (χ3v) is 5.83. The Morgan fingerprint density at radius 3 is 2.52 bits per heavy atom. The average Bonchev–Trinajstić information content (AvgIpc) is 2.65. The highest BCUT2D eigenvalue weighted by atomic mass is 15.2. The molecule has 2 fully saturated rings.